The molecule has 1 aliphatic carbocycles. The lowest BCUT2D eigenvalue weighted by molar-refractivity contribution is 0.0951. The lowest BCUT2D eigenvalue weighted by atomic mass is 10.2. The van der Waals surface area contributed by atoms with E-state index in [1.807, 2.05) is 6.07 Å². The Balaban J connectivity index is 1.34. The lowest BCUT2D eigenvalue weighted by Crippen LogP contribution is -2.25. The van der Waals surface area contributed by atoms with E-state index in [-0.39, 0.29) is 11.6 Å². The highest BCUT2D eigenvalue weighted by molar-refractivity contribution is 6.42. The van der Waals surface area contributed by atoms with Crippen LogP contribution in [0.4, 0.5) is 0 Å². The Morgan fingerprint density at radius 2 is 1.88 bits per heavy atom. The minimum atomic E-state index is -0.290. The van der Waals surface area contributed by atoms with E-state index in [0.29, 0.717) is 51.0 Å². The number of hydrogen-bond donors (Lipinski definition) is 2. The molecule has 0 bridgehead atoms. The summed E-state index contributed by atoms with van der Waals surface area (Å²) in [6.45, 7) is 0.321. The minimum absolute atomic E-state index is 0.0838. The predicted molar refractivity (Wildman–Crippen MR) is 123 cm³/mol. The van der Waals surface area contributed by atoms with Crippen molar-refractivity contribution in [2.75, 3.05) is 0 Å². The second-order valence-electron chi connectivity index (χ2n) is 7.66. The second-order valence-corrected chi connectivity index (χ2v) is 8.47. The molecule has 2 N–H and O–H groups in total. The number of carbonyl (C=O) groups is 1. The molecule has 32 heavy (non-hydrogen) atoms. The first kappa shape index (κ1) is 20.6. The third-order valence-electron chi connectivity index (χ3n) is 5.19. The molecule has 0 saturated heterocycles. The van der Waals surface area contributed by atoms with Gasteiger partial charge >= 0.3 is 5.69 Å². The molecule has 4 aromatic rings. The third-order valence-corrected chi connectivity index (χ3v) is 5.92. The van der Waals surface area contributed by atoms with Crippen molar-refractivity contribution in [2.24, 2.45) is 0 Å². The van der Waals surface area contributed by atoms with Crippen molar-refractivity contribution >= 4 is 40.3 Å². The van der Waals surface area contributed by atoms with Crippen LogP contribution in [-0.2, 0) is 6.54 Å². The fourth-order valence-electron chi connectivity index (χ4n) is 3.35. The second kappa shape index (κ2) is 8.33. The van der Waals surface area contributed by atoms with E-state index in [1.54, 1.807) is 53.1 Å². The number of carbonyl (C=O) groups excluding carboxylic acids is 1. The van der Waals surface area contributed by atoms with Crippen molar-refractivity contribution in [3.05, 3.63) is 86.3 Å². The smallest absolute Gasteiger partial charge is 0.327 e. The lowest BCUT2D eigenvalue weighted by Gasteiger charge is -2.08. The Morgan fingerprint density at radius 1 is 1.09 bits per heavy atom. The number of nitrogens with one attached hydrogen (secondary N) is 2. The standard InChI is InChI=1S/C23H18Cl2N4O3/c24-17-8-1-13(11-18(17)25)12-29-19-9-10-20(27-21(19)28-23(29)31)32-16-6-2-14(3-7-16)22(30)26-15-4-5-15/h1-3,6-11,15H,4-5,12H2,(H,26,30)(H,27,28,31). The first-order valence-corrected chi connectivity index (χ1v) is 10.8. The van der Waals surface area contributed by atoms with Gasteiger partial charge in [-0.15, -0.1) is 0 Å². The molecule has 5 rings (SSSR count). The molecular weight excluding hydrogens is 451 g/mol. The van der Waals surface area contributed by atoms with E-state index in [1.165, 1.54) is 0 Å². The Bertz CT molecular complexity index is 1370. The number of amides is 1. The van der Waals surface area contributed by atoms with E-state index in [9.17, 15) is 9.59 Å². The number of H-pyrrole nitrogens is 1. The number of rotatable bonds is 6. The summed E-state index contributed by atoms with van der Waals surface area (Å²) in [5.74, 6) is 0.785. The number of aromatic nitrogens is 3. The fourth-order valence-corrected chi connectivity index (χ4v) is 3.67. The van der Waals surface area contributed by atoms with Crippen molar-refractivity contribution in [2.45, 2.75) is 25.4 Å². The molecule has 7 nitrogen and oxygen atoms in total. The van der Waals surface area contributed by atoms with Crippen LogP contribution in [0, 0.1) is 0 Å². The highest BCUT2D eigenvalue weighted by Crippen LogP contribution is 2.25. The molecule has 1 aliphatic rings. The average Bonchev–Trinajstić information content (AvgIpc) is 3.54. The number of nitrogens with zero attached hydrogens (tertiary/aromatic N) is 2. The topological polar surface area (TPSA) is 89.0 Å². The Morgan fingerprint density at radius 3 is 2.59 bits per heavy atom. The average molecular weight is 469 g/mol. The Hall–Kier alpha value is -3.29. The number of hydrogen-bond acceptors (Lipinski definition) is 4. The number of pyridine rings is 1. The summed E-state index contributed by atoms with van der Waals surface area (Å²) in [4.78, 5) is 31.7. The number of halogens is 2. The van der Waals surface area contributed by atoms with Crippen LogP contribution in [0.2, 0.25) is 10.0 Å². The summed E-state index contributed by atoms with van der Waals surface area (Å²) in [6, 6.07) is 15.9. The molecule has 0 aliphatic heterocycles. The maximum absolute atomic E-state index is 12.5. The van der Waals surface area contributed by atoms with Gasteiger partial charge in [-0.05, 0) is 60.9 Å². The zero-order valence-corrected chi connectivity index (χ0v) is 18.3. The highest BCUT2D eigenvalue weighted by atomic mass is 35.5. The number of imidazole rings is 1. The van der Waals surface area contributed by atoms with Crippen LogP contribution in [0.5, 0.6) is 11.6 Å². The summed E-state index contributed by atoms with van der Waals surface area (Å²) in [5.41, 5.74) is 2.18. The van der Waals surface area contributed by atoms with Gasteiger partial charge in [-0.3, -0.25) is 14.3 Å². The SMILES string of the molecule is O=C(NC1CC1)c1ccc(Oc2ccc3c(n2)[nH]c(=O)n3Cc2ccc(Cl)c(Cl)c2)cc1. The van der Waals surface area contributed by atoms with E-state index in [2.05, 4.69) is 15.3 Å². The van der Waals surface area contributed by atoms with Crippen LogP contribution >= 0.6 is 23.2 Å². The molecule has 1 fully saturated rings. The van der Waals surface area contributed by atoms with Gasteiger partial charge in [-0.25, -0.2) is 4.79 Å². The summed E-state index contributed by atoms with van der Waals surface area (Å²) in [5, 5.41) is 3.84. The van der Waals surface area contributed by atoms with Gasteiger partial charge in [0.05, 0.1) is 22.1 Å². The first-order valence-electron chi connectivity index (χ1n) is 10.1. The van der Waals surface area contributed by atoms with Gasteiger partial charge in [0.1, 0.15) is 5.75 Å². The Labute approximate surface area is 192 Å². The summed E-state index contributed by atoms with van der Waals surface area (Å²) in [6.07, 6.45) is 2.08. The zero-order valence-electron chi connectivity index (χ0n) is 16.8. The quantitative estimate of drug-likeness (QED) is 0.426. The fraction of sp³-hybridized carbons (Fsp3) is 0.174. The van der Waals surface area contributed by atoms with E-state index < -0.39 is 0 Å². The minimum Gasteiger partial charge on any atom is -0.439 e. The maximum atomic E-state index is 12.5. The maximum Gasteiger partial charge on any atom is 0.327 e. The number of aromatic amines is 1. The highest BCUT2D eigenvalue weighted by Gasteiger charge is 2.23. The van der Waals surface area contributed by atoms with Gasteiger partial charge in [0.15, 0.2) is 5.65 Å². The number of ether oxygens (including phenoxy) is 1. The molecule has 0 unspecified atom stereocenters. The van der Waals surface area contributed by atoms with Crippen molar-refractivity contribution < 1.29 is 9.53 Å². The Kier molecular flexibility index (Phi) is 5.36. The summed E-state index contributed by atoms with van der Waals surface area (Å²) >= 11 is 12.1. The van der Waals surface area contributed by atoms with Gasteiger partial charge in [0, 0.05) is 17.7 Å². The molecule has 0 atom stereocenters. The molecule has 9 heteroatoms. The number of benzene rings is 2. The van der Waals surface area contributed by atoms with Gasteiger partial charge in [-0.1, -0.05) is 29.3 Å². The van der Waals surface area contributed by atoms with Crippen molar-refractivity contribution in [3.63, 3.8) is 0 Å². The van der Waals surface area contributed by atoms with Crippen LogP contribution in [0.3, 0.4) is 0 Å². The molecule has 1 saturated carbocycles. The van der Waals surface area contributed by atoms with Gasteiger partial charge < -0.3 is 10.1 Å². The summed E-state index contributed by atoms with van der Waals surface area (Å²) in [7, 11) is 0. The van der Waals surface area contributed by atoms with Crippen LogP contribution in [-0.4, -0.2) is 26.5 Å². The molecule has 1 amide bonds. The van der Waals surface area contributed by atoms with Crippen molar-refractivity contribution in [3.8, 4) is 11.6 Å². The van der Waals surface area contributed by atoms with Crippen LogP contribution in [0.25, 0.3) is 11.2 Å². The molecular formula is C23H18Cl2N4O3. The first-order chi connectivity index (χ1) is 15.5. The molecule has 0 radical (unpaired) electrons. The van der Waals surface area contributed by atoms with Crippen LogP contribution < -0.4 is 15.7 Å². The van der Waals surface area contributed by atoms with Crippen molar-refractivity contribution in [1.82, 2.24) is 19.9 Å². The molecule has 2 heterocycles. The normalized spacial score (nSPS) is 13.3. The van der Waals surface area contributed by atoms with E-state index in [4.69, 9.17) is 27.9 Å². The largest absolute Gasteiger partial charge is 0.439 e. The van der Waals surface area contributed by atoms with Crippen molar-refractivity contribution in [1.29, 1.82) is 0 Å². The zero-order chi connectivity index (χ0) is 22.2. The molecule has 2 aromatic heterocycles. The molecule has 0 spiro atoms. The van der Waals surface area contributed by atoms with Gasteiger partial charge in [-0.2, -0.15) is 4.98 Å². The monoisotopic (exact) mass is 468 g/mol. The van der Waals surface area contributed by atoms with Crippen LogP contribution in [0.1, 0.15) is 28.8 Å². The molecule has 2 aromatic carbocycles. The van der Waals surface area contributed by atoms with Crippen LogP contribution in [0.15, 0.2) is 59.4 Å². The van der Waals surface area contributed by atoms with E-state index >= 15 is 0 Å². The molecule has 162 valence electrons. The summed E-state index contributed by atoms with van der Waals surface area (Å²) < 4.78 is 7.37. The predicted octanol–water partition coefficient (Wildman–Crippen LogP) is 4.76. The third kappa shape index (κ3) is 4.35. The van der Waals surface area contributed by atoms with Gasteiger partial charge in [0.25, 0.3) is 5.91 Å². The number of fused-ring (bicyclic) bond motifs is 1. The van der Waals surface area contributed by atoms with Gasteiger partial charge in [0.2, 0.25) is 5.88 Å². The van der Waals surface area contributed by atoms with E-state index in [0.717, 1.165) is 18.4 Å².